The van der Waals surface area contributed by atoms with Crippen molar-refractivity contribution in [3.63, 3.8) is 0 Å². The average Bonchev–Trinajstić information content (AvgIpc) is 2.38. The van der Waals surface area contributed by atoms with E-state index in [1.54, 1.807) is 0 Å². The van der Waals surface area contributed by atoms with Gasteiger partial charge in [-0.15, -0.1) is 0 Å². The summed E-state index contributed by atoms with van der Waals surface area (Å²) in [6.45, 7) is 0. The van der Waals surface area contributed by atoms with E-state index in [9.17, 15) is 9.90 Å². The van der Waals surface area contributed by atoms with Gasteiger partial charge in [0, 0.05) is 20.1 Å². The van der Waals surface area contributed by atoms with E-state index in [0.717, 1.165) is 11.8 Å². The molecule has 0 aliphatic heterocycles. The summed E-state index contributed by atoms with van der Waals surface area (Å²) in [4.78, 5) is 11.0. The van der Waals surface area contributed by atoms with E-state index in [0.29, 0.717) is 6.42 Å². The second-order valence-corrected chi connectivity index (χ2v) is 3.82. The molecule has 1 aromatic carbocycles. The number of methoxy groups -OCH3 is 2. The SMILES string of the molecule is COC(OC)[C@H](O)[C@H](C=O)Cc1ccccc1. The fraction of sp³-hybridized carbons (Fsp3) is 0.462. The molecule has 1 aromatic rings. The standard InChI is InChI=1S/C13H18O4/c1-16-13(17-2)12(15)11(9-14)8-10-6-4-3-5-7-10/h3-7,9,11-13,15H,8H2,1-2H3/t11-,12+/m0/s1. The van der Waals surface area contributed by atoms with Crippen molar-refractivity contribution >= 4 is 6.29 Å². The Kier molecular flexibility index (Phi) is 5.83. The highest BCUT2D eigenvalue weighted by molar-refractivity contribution is 5.55. The quantitative estimate of drug-likeness (QED) is 0.569. The first-order chi connectivity index (χ1) is 8.22. The Balaban J connectivity index is 2.68. The zero-order valence-electron chi connectivity index (χ0n) is 10.1. The lowest BCUT2D eigenvalue weighted by molar-refractivity contribution is -0.178. The van der Waals surface area contributed by atoms with Crippen LogP contribution in [0.5, 0.6) is 0 Å². The second-order valence-electron chi connectivity index (χ2n) is 3.82. The molecule has 0 fully saturated rings. The van der Waals surface area contributed by atoms with Crippen molar-refractivity contribution in [2.24, 2.45) is 5.92 Å². The third kappa shape index (κ3) is 3.93. The minimum Gasteiger partial charge on any atom is -0.387 e. The number of carbonyl (C=O) groups excluding carboxylic acids is 1. The molecule has 0 amide bonds. The van der Waals surface area contributed by atoms with Gasteiger partial charge in [-0.05, 0) is 12.0 Å². The second kappa shape index (κ2) is 7.17. The molecule has 0 radical (unpaired) electrons. The van der Waals surface area contributed by atoms with Crippen LogP contribution in [0.4, 0.5) is 0 Å². The van der Waals surface area contributed by atoms with Gasteiger partial charge in [0.25, 0.3) is 0 Å². The molecular formula is C13H18O4. The lowest BCUT2D eigenvalue weighted by atomic mass is 9.95. The molecule has 94 valence electrons. The summed E-state index contributed by atoms with van der Waals surface area (Å²) in [5.41, 5.74) is 0.995. The molecule has 1 rings (SSSR count). The molecule has 17 heavy (non-hydrogen) atoms. The fourth-order valence-electron chi connectivity index (χ4n) is 1.71. The van der Waals surface area contributed by atoms with Gasteiger partial charge in [-0.3, -0.25) is 0 Å². The summed E-state index contributed by atoms with van der Waals surface area (Å²) in [6.07, 6.45) is -0.547. The first-order valence-electron chi connectivity index (χ1n) is 5.45. The van der Waals surface area contributed by atoms with Crippen LogP contribution in [0.1, 0.15) is 5.56 Å². The third-order valence-electron chi connectivity index (χ3n) is 2.67. The maximum atomic E-state index is 11.0. The number of hydrogen-bond acceptors (Lipinski definition) is 4. The molecular weight excluding hydrogens is 220 g/mol. The zero-order chi connectivity index (χ0) is 12.7. The highest BCUT2D eigenvalue weighted by Gasteiger charge is 2.27. The Bertz CT molecular complexity index is 321. The van der Waals surface area contributed by atoms with Crippen molar-refractivity contribution in [1.82, 2.24) is 0 Å². The Morgan fingerprint density at radius 1 is 1.24 bits per heavy atom. The largest absolute Gasteiger partial charge is 0.387 e. The summed E-state index contributed by atoms with van der Waals surface area (Å²) >= 11 is 0. The topological polar surface area (TPSA) is 55.8 Å². The molecule has 0 saturated carbocycles. The number of rotatable bonds is 7. The number of hydrogen-bond donors (Lipinski definition) is 1. The Labute approximate surface area is 101 Å². The molecule has 1 N–H and O–H groups in total. The highest BCUT2D eigenvalue weighted by atomic mass is 16.7. The summed E-state index contributed by atoms with van der Waals surface area (Å²) in [6, 6.07) is 9.53. The number of aldehydes is 1. The first kappa shape index (κ1) is 13.8. The molecule has 0 aliphatic carbocycles. The third-order valence-corrected chi connectivity index (χ3v) is 2.67. The molecule has 0 saturated heterocycles. The summed E-state index contributed by atoms with van der Waals surface area (Å²) < 4.78 is 9.90. The van der Waals surface area contributed by atoms with Crippen LogP contribution >= 0.6 is 0 Å². The first-order valence-corrected chi connectivity index (χ1v) is 5.45. The zero-order valence-corrected chi connectivity index (χ0v) is 10.1. The van der Waals surface area contributed by atoms with Crippen LogP contribution in [0.15, 0.2) is 30.3 Å². The van der Waals surface area contributed by atoms with Gasteiger partial charge in [0.2, 0.25) is 0 Å². The van der Waals surface area contributed by atoms with Gasteiger partial charge in [-0.25, -0.2) is 0 Å². The summed E-state index contributed by atoms with van der Waals surface area (Å²) in [7, 11) is 2.86. The minimum atomic E-state index is -0.970. The molecule has 0 aliphatic rings. The van der Waals surface area contributed by atoms with Crippen LogP contribution in [0, 0.1) is 5.92 Å². The maximum absolute atomic E-state index is 11.0. The molecule has 0 bridgehead atoms. The lowest BCUT2D eigenvalue weighted by Crippen LogP contribution is -2.38. The van der Waals surface area contributed by atoms with Crippen molar-refractivity contribution in [3.05, 3.63) is 35.9 Å². The van der Waals surface area contributed by atoms with Crippen molar-refractivity contribution in [2.45, 2.75) is 18.8 Å². The normalized spacial score (nSPS) is 14.6. The lowest BCUT2D eigenvalue weighted by Gasteiger charge is -2.24. The van der Waals surface area contributed by atoms with Crippen molar-refractivity contribution in [1.29, 1.82) is 0 Å². The van der Waals surface area contributed by atoms with Crippen LogP contribution < -0.4 is 0 Å². The van der Waals surface area contributed by atoms with E-state index in [2.05, 4.69) is 0 Å². The van der Waals surface area contributed by atoms with Crippen LogP contribution in [0.3, 0.4) is 0 Å². The van der Waals surface area contributed by atoms with E-state index in [-0.39, 0.29) is 0 Å². The minimum absolute atomic E-state index is 0.467. The predicted molar refractivity (Wildman–Crippen MR) is 63.5 cm³/mol. The monoisotopic (exact) mass is 238 g/mol. The molecule has 0 aromatic heterocycles. The van der Waals surface area contributed by atoms with Gasteiger partial charge in [0.15, 0.2) is 6.29 Å². The van der Waals surface area contributed by atoms with Crippen molar-refractivity contribution < 1.29 is 19.4 Å². The smallest absolute Gasteiger partial charge is 0.183 e. The average molecular weight is 238 g/mol. The van der Waals surface area contributed by atoms with Crippen molar-refractivity contribution in [2.75, 3.05) is 14.2 Å². The van der Waals surface area contributed by atoms with Gasteiger partial charge in [-0.1, -0.05) is 30.3 Å². The van der Waals surface area contributed by atoms with Gasteiger partial charge in [-0.2, -0.15) is 0 Å². The molecule has 0 heterocycles. The van der Waals surface area contributed by atoms with Crippen LogP contribution in [0.25, 0.3) is 0 Å². The van der Waals surface area contributed by atoms with E-state index >= 15 is 0 Å². The molecule has 0 unspecified atom stereocenters. The van der Waals surface area contributed by atoms with E-state index in [1.165, 1.54) is 14.2 Å². The summed E-state index contributed by atoms with van der Waals surface area (Å²) in [5, 5.41) is 9.95. The molecule has 4 nitrogen and oxygen atoms in total. The van der Waals surface area contributed by atoms with Crippen LogP contribution in [-0.2, 0) is 20.7 Å². The van der Waals surface area contributed by atoms with E-state index < -0.39 is 18.3 Å². The number of aliphatic hydroxyl groups excluding tert-OH is 1. The highest BCUT2D eigenvalue weighted by Crippen LogP contribution is 2.15. The van der Waals surface area contributed by atoms with Crippen LogP contribution in [-0.4, -0.2) is 38.0 Å². The van der Waals surface area contributed by atoms with E-state index in [4.69, 9.17) is 9.47 Å². The number of benzene rings is 1. The Morgan fingerprint density at radius 2 is 1.82 bits per heavy atom. The van der Waals surface area contributed by atoms with Gasteiger partial charge >= 0.3 is 0 Å². The molecule has 2 atom stereocenters. The maximum Gasteiger partial charge on any atom is 0.183 e. The fourth-order valence-corrected chi connectivity index (χ4v) is 1.71. The Hall–Kier alpha value is -1.23. The van der Waals surface area contributed by atoms with Gasteiger partial charge in [0.1, 0.15) is 12.4 Å². The van der Waals surface area contributed by atoms with Crippen molar-refractivity contribution in [3.8, 4) is 0 Å². The van der Waals surface area contributed by atoms with Gasteiger partial charge < -0.3 is 19.4 Å². The summed E-state index contributed by atoms with van der Waals surface area (Å²) in [5.74, 6) is -0.540. The Morgan fingerprint density at radius 3 is 2.29 bits per heavy atom. The number of ether oxygens (including phenoxy) is 2. The molecule has 4 heteroatoms. The predicted octanol–water partition coefficient (Wildman–Crippen LogP) is 1.02. The number of carbonyl (C=O) groups is 1. The van der Waals surface area contributed by atoms with Gasteiger partial charge in [0.05, 0.1) is 0 Å². The van der Waals surface area contributed by atoms with Crippen LogP contribution in [0.2, 0.25) is 0 Å². The van der Waals surface area contributed by atoms with E-state index in [1.807, 2.05) is 30.3 Å². The molecule has 0 spiro atoms. The number of aliphatic hydroxyl groups is 1.